The highest BCUT2D eigenvalue weighted by atomic mass is 16.3. The van der Waals surface area contributed by atoms with Crippen LogP contribution < -0.4 is 5.32 Å². The van der Waals surface area contributed by atoms with Gasteiger partial charge in [0.15, 0.2) is 0 Å². The topological polar surface area (TPSA) is 62.2 Å². The number of nitrogens with one attached hydrogen (secondary N) is 1. The predicted octanol–water partition coefficient (Wildman–Crippen LogP) is 2.04. The molecular formula is C12H10N2O2. The van der Waals surface area contributed by atoms with Crippen LogP contribution in [0, 0.1) is 0 Å². The van der Waals surface area contributed by atoms with Crippen LogP contribution in [0.4, 0.5) is 5.69 Å². The Morgan fingerprint density at radius 1 is 1.19 bits per heavy atom. The Morgan fingerprint density at radius 3 is 2.56 bits per heavy atom. The van der Waals surface area contributed by atoms with Gasteiger partial charge in [0.05, 0.1) is 5.56 Å². The Bertz CT molecular complexity index is 480. The van der Waals surface area contributed by atoms with Crippen molar-refractivity contribution < 1.29 is 9.90 Å². The van der Waals surface area contributed by atoms with E-state index in [9.17, 15) is 4.79 Å². The average molecular weight is 214 g/mol. The fourth-order valence-electron chi connectivity index (χ4n) is 1.25. The van der Waals surface area contributed by atoms with E-state index in [1.54, 1.807) is 30.5 Å². The molecule has 0 aliphatic carbocycles. The van der Waals surface area contributed by atoms with Crippen LogP contribution in [0.5, 0.6) is 5.75 Å². The number of benzene rings is 1. The predicted molar refractivity (Wildman–Crippen MR) is 60.3 cm³/mol. The molecule has 2 rings (SSSR count). The first-order chi connectivity index (χ1) is 7.75. The van der Waals surface area contributed by atoms with Crippen LogP contribution in [0.2, 0.25) is 0 Å². The van der Waals surface area contributed by atoms with Gasteiger partial charge in [0.1, 0.15) is 5.75 Å². The largest absolute Gasteiger partial charge is 0.508 e. The quantitative estimate of drug-likeness (QED) is 0.752. The molecule has 0 atom stereocenters. The summed E-state index contributed by atoms with van der Waals surface area (Å²) in [4.78, 5) is 15.5. The number of hydrogen-bond donors (Lipinski definition) is 2. The Balaban J connectivity index is 2.11. The summed E-state index contributed by atoms with van der Waals surface area (Å²) in [6, 6.07) is 9.67. The first-order valence-corrected chi connectivity index (χ1v) is 4.76. The zero-order valence-electron chi connectivity index (χ0n) is 8.42. The number of amides is 1. The van der Waals surface area contributed by atoms with E-state index in [2.05, 4.69) is 10.3 Å². The Kier molecular flexibility index (Phi) is 2.82. The van der Waals surface area contributed by atoms with E-state index in [4.69, 9.17) is 5.11 Å². The van der Waals surface area contributed by atoms with Crippen molar-refractivity contribution in [2.45, 2.75) is 0 Å². The molecule has 1 heterocycles. The van der Waals surface area contributed by atoms with Crippen LogP contribution in [0.1, 0.15) is 10.4 Å². The highest BCUT2D eigenvalue weighted by Gasteiger charge is 2.04. The first-order valence-electron chi connectivity index (χ1n) is 4.76. The molecule has 0 saturated carbocycles. The fraction of sp³-hybridized carbons (Fsp3) is 0. The maximum absolute atomic E-state index is 11.7. The summed E-state index contributed by atoms with van der Waals surface area (Å²) in [5, 5.41) is 11.8. The second-order valence-electron chi connectivity index (χ2n) is 3.24. The van der Waals surface area contributed by atoms with Gasteiger partial charge < -0.3 is 10.4 Å². The summed E-state index contributed by atoms with van der Waals surface area (Å²) >= 11 is 0. The molecule has 1 amide bonds. The van der Waals surface area contributed by atoms with E-state index in [1.807, 2.05) is 0 Å². The van der Waals surface area contributed by atoms with E-state index in [-0.39, 0.29) is 11.7 Å². The van der Waals surface area contributed by atoms with Gasteiger partial charge in [-0.25, -0.2) is 0 Å². The van der Waals surface area contributed by atoms with Crippen LogP contribution in [0.25, 0.3) is 0 Å². The van der Waals surface area contributed by atoms with E-state index >= 15 is 0 Å². The molecule has 4 heteroatoms. The minimum atomic E-state index is -0.223. The molecule has 1 aromatic heterocycles. The summed E-state index contributed by atoms with van der Waals surface area (Å²) in [6.45, 7) is 0. The molecule has 2 aromatic rings. The van der Waals surface area contributed by atoms with Crippen LogP contribution >= 0.6 is 0 Å². The molecule has 0 spiro atoms. The van der Waals surface area contributed by atoms with Gasteiger partial charge in [-0.2, -0.15) is 0 Å². The number of anilines is 1. The van der Waals surface area contributed by atoms with Crippen molar-refractivity contribution in [3.63, 3.8) is 0 Å². The van der Waals surface area contributed by atoms with Crippen molar-refractivity contribution >= 4 is 11.6 Å². The molecule has 4 nitrogen and oxygen atoms in total. The molecular weight excluding hydrogens is 204 g/mol. The maximum atomic E-state index is 11.7. The summed E-state index contributed by atoms with van der Waals surface area (Å²) in [5.41, 5.74) is 1.13. The lowest BCUT2D eigenvalue weighted by molar-refractivity contribution is 0.102. The zero-order chi connectivity index (χ0) is 11.4. The lowest BCUT2D eigenvalue weighted by Gasteiger charge is -2.04. The molecule has 16 heavy (non-hydrogen) atoms. The molecule has 0 aliphatic rings. The molecule has 0 aliphatic heterocycles. The molecule has 0 unspecified atom stereocenters. The van der Waals surface area contributed by atoms with Crippen molar-refractivity contribution in [1.82, 2.24) is 4.98 Å². The van der Waals surface area contributed by atoms with E-state index in [1.165, 1.54) is 18.3 Å². The summed E-state index contributed by atoms with van der Waals surface area (Å²) in [7, 11) is 0. The first kappa shape index (κ1) is 10.2. The number of carbonyl (C=O) groups excluding carboxylic acids is 1. The lowest BCUT2D eigenvalue weighted by Crippen LogP contribution is -2.11. The Hall–Kier alpha value is -2.36. The number of pyridine rings is 1. The molecule has 2 N–H and O–H groups in total. The molecule has 80 valence electrons. The molecule has 0 radical (unpaired) electrons. The number of rotatable bonds is 2. The Morgan fingerprint density at radius 2 is 1.94 bits per heavy atom. The molecule has 0 fully saturated rings. The van der Waals surface area contributed by atoms with Gasteiger partial charge >= 0.3 is 0 Å². The van der Waals surface area contributed by atoms with Crippen molar-refractivity contribution in [3.05, 3.63) is 54.4 Å². The van der Waals surface area contributed by atoms with Crippen LogP contribution in [0.3, 0.4) is 0 Å². The highest BCUT2D eigenvalue weighted by Crippen LogP contribution is 2.14. The van der Waals surface area contributed by atoms with Crippen molar-refractivity contribution in [2.24, 2.45) is 0 Å². The minimum Gasteiger partial charge on any atom is -0.508 e. The van der Waals surface area contributed by atoms with E-state index in [0.717, 1.165) is 0 Å². The van der Waals surface area contributed by atoms with Gasteiger partial charge in [-0.15, -0.1) is 0 Å². The summed E-state index contributed by atoms with van der Waals surface area (Å²) in [6.07, 6.45) is 3.10. The van der Waals surface area contributed by atoms with Crippen molar-refractivity contribution in [1.29, 1.82) is 0 Å². The number of aromatic nitrogens is 1. The number of nitrogens with zero attached hydrogens (tertiary/aromatic N) is 1. The zero-order valence-corrected chi connectivity index (χ0v) is 8.42. The second-order valence-corrected chi connectivity index (χ2v) is 3.24. The standard InChI is InChI=1S/C12H10N2O2/c15-11-5-3-10(4-6-11)14-12(16)9-2-1-7-13-8-9/h1-8,15H,(H,14,16). The molecule has 1 aromatic carbocycles. The second kappa shape index (κ2) is 4.44. The third-order valence-electron chi connectivity index (χ3n) is 2.05. The third-order valence-corrected chi connectivity index (χ3v) is 2.05. The minimum absolute atomic E-state index is 0.166. The lowest BCUT2D eigenvalue weighted by atomic mass is 10.2. The smallest absolute Gasteiger partial charge is 0.257 e. The number of carbonyl (C=O) groups is 1. The maximum Gasteiger partial charge on any atom is 0.257 e. The van der Waals surface area contributed by atoms with Gasteiger partial charge in [0.2, 0.25) is 0 Å². The average Bonchev–Trinajstić information content (AvgIpc) is 2.33. The third kappa shape index (κ3) is 2.36. The number of hydrogen-bond acceptors (Lipinski definition) is 3. The van der Waals surface area contributed by atoms with Crippen LogP contribution in [-0.2, 0) is 0 Å². The van der Waals surface area contributed by atoms with Crippen LogP contribution in [-0.4, -0.2) is 16.0 Å². The van der Waals surface area contributed by atoms with Gasteiger partial charge in [0.25, 0.3) is 5.91 Å². The normalized spacial score (nSPS) is 9.75. The number of aromatic hydroxyl groups is 1. The van der Waals surface area contributed by atoms with Crippen molar-refractivity contribution in [3.8, 4) is 5.75 Å². The van der Waals surface area contributed by atoms with Gasteiger partial charge in [-0.1, -0.05) is 0 Å². The van der Waals surface area contributed by atoms with E-state index < -0.39 is 0 Å². The van der Waals surface area contributed by atoms with Gasteiger partial charge in [0, 0.05) is 18.1 Å². The molecule has 0 saturated heterocycles. The fourth-order valence-corrected chi connectivity index (χ4v) is 1.25. The summed E-state index contributed by atoms with van der Waals surface area (Å²) < 4.78 is 0. The molecule has 0 bridgehead atoms. The van der Waals surface area contributed by atoms with Gasteiger partial charge in [-0.05, 0) is 36.4 Å². The van der Waals surface area contributed by atoms with E-state index in [0.29, 0.717) is 11.3 Å². The number of phenols is 1. The van der Waals surface area contributed by atoms with Crippen molar-refractivity contribution in [2.75, 3.05) is 5.32 Å². The number of phenolic OH excluding ortho intramolecular Hbond substituents is 1. The highest BCUT2D eigenvalue weighted by molar-refractivity contribution is 6.03. The SMILES string of the molecule is O=C(Nc1ccc(O)cc1)c1cccnc1. The Labute approximate surface area is 92.6 Å². The summed E-state index contributed by atoms with van der Waals surface area (Å²) in [5.74, 6) is -0.0573. The van der Waals surface area contributed by atoms with Crippen LogP contribution in [0.15, 0.2) is 48.8 Å². The monoisotopic (exact) mass is 214 g/mol. The van der Waals surface area contributed by atoms with Gasteiger partial charge in [-0.3, -0.25) is 9.78 Å².